The normalized spacial score (nSPS) is 13.8. The quantitative estimate of drug-likeness (QED) is 0.310. The first kappa shape index (κ1) is 25.5. The van der Waals surface area contributed by atoms with Crippen molar-refractivity contribution in [1.29, 1.82) is 5.26 Å². The van der Waals surface area contributed by atoms with Crippen LogP contribution in [0.25, 0.3) is 6.08 Å². The largest absolute Gasteiger partial charge is 0.495 e. The van der Waals surface area contributed by atoms with Crippen LogP contribution in [0.4, 0.5) is 10.5 Å². The monoisotopic (exact) mass is 560 g/mol. The Hall–Kier alpha value is -4.62. The molecule has 10 heteroatoms. The molecule has 0 saturated carbocycles. The zero-order valence-corrected chi connectivity index (χ0v) is 21.2. The van der Waals surface area contributed by atoms with E-state index in [1.165, 1.54) is 13.2 Å². The van der Waals surface area contributed by atoms with Gasteiger partial charge in [-0.25, -0.2) is 9.69 Å². The highest BCUT2D eigenvalue weighted by atomic mass is 79.9. The van der Waals surface area contributed by atoms with Crippen LogP contribution in [-0.4, -0.2) is 36.4 Å². The summed E-state index contributed by atoms with van der Waals surface area (Å²) in [5.74, 6) is -0.159. The molecular formula is C27H21BrN4O5. The molecule has 3 aromatic carbocycles. The van der Waals surface area contributed by atoms with Crippen molar-refractivity contribution < 1.29 is 23.9 Å². The van der Waals surface area contributed by atoms with Crippen LogP contribution in [0.15, 0.2) is 76.9 Å². The van der Waals surface area contributed by atoms with Crippen molar-refractivity contribution in [2.24, 2.45) is 0 Å². The first-order valence-corrected chi connectivity index (χ1v) is 11.9. The van der Waals surface area contributed by atoms with Gasteiger partial charge in [0.2, 0.25) is 5.91 Å². The number of ether oxygens (including phenoxy) is 2. The van der Waals surface area contributed by atoms with Gasteiger partial charge in [-0.05, 0) is 57.9 Å². The number of anilines is 1. The topological polar surface area (TPSA) is 121 Å². The van der Waals surface area contributed by atoms with E-state index in [1.54, 1.807) is 54.6 Å². The molecule has 0 unspecified atom stereocenters. The zero-order chi connectivity index (χ0) is 26.4. The summed E-state index contributed by atoms with van der Waals surface area (Å²) in [7, 11) is 1.48. The summed E-state index contributed by atoms with van der Waals surface area (Å²) in [5.41, 5.74) is 2.40. The minimum atomic E-state index is -0.693. The lowest BCUT2D eigenvalue weighted by molar-refractivity contribution is -0.127. The van der Waals surface area contributed by atoms with Crippen molar-refractivity contribution in [1.82, 2.24) is 10.2 Å². The number of carbonyl (C=O) groups excluding carboxylic acids is 3. The van der Waals surface area contributed by atoms with Gasteiger partial charge in [-0.15, -0.1) is 0 Å². The summed E-state index contributed by atoms with van der Waals surface area (Å²) in [6, 6.07) is 20.6. The predicted molar refractivity (Wildman–Crippen MR) is 139 cm³/mol. The average molecular weight is 561 g/mol. The Bertz CT molecular complexity index is 1450. The first-order valence-electron chi connectivity index (χ1n) is 11.1. The van der Waals surface area contributed by atoms with E-state index in [0.717, 1.165) is 10.5 Å². The Labute approximate surface area is 221 Å². The van der Waals surface area contributed by atoms with Gasteiger partial charge in [0.05, 0.1) is 28.9 Å². The molecule has 1 aliphatic heterocycles. The van der Waals surface area contributed by atoms with Gasteiger partial charge in [-0.1, -0.05) is 36.4 Å². The van der Waals surface area contributed by atoms with Gasteiger partial charge in [-0.3, -0.25) is 9.59 Å². The fourth-order valence-corrected chi connectivity index (χ4v) is 4.11. The van der Waals surface area contributed by atoms with Gasteiger partial charge in [0.15, 0.2) is 0 Å². The third-order valence-corrected chi connectivity index (χ3v) is 6.05. The Balaban J connectivity index is 1.41. The van der Waals surface area contributed by atoms with Crippen LogP contribution in [0.2, 0.25) is 0 Å². The lowest BCUT2D eigenvalue weighted by Crippen LogP contribution is -2.38. The summed E-state index contributed by atoms with van der Waals surface area (Å²) >= 11 is 3.46. The van der Waals surface area contributed by atoms with Gasteiger partial charge in [-0.2, -0.15) is 5.26 Å². The van der Waals surface area contributed by atoms with E-state index in [-0.39, 0.29) is 12.3 Å². The number of halogens is 1. The number of nitriles is 1. The number of hydrogen-bond acceptors (Lipinski definition) is 6. The van der Waals surface area contributed by atoms with E-state index in [1.807, 2.05) is 12.1 Å². The number of para-hydroxylation sites is 2. The minimum absolute atomic E-state index is 0.0404. The van der Waals surface area contributed by atoms with Crippen molar-refractivity contribution in [3.8, 4) is 17.6 Å². The predicted octanol–water partition coefficient (Wildman–Crippen LogP) is 4.44. The lowest BCUT2D eigenvalue weighted by atomic mass is 10.1. The molecule has 1 heterocycles. The highest BCUT2D eigenvalue weighted by molar-refractivity contribution is 9.10. The van der Waals surface area contributed by atoms with Crippen LogP contribution in [0.5, 0.6) is 11.5 Å². The van der Waals surface area contributed by atoms with Gasteiger partial charge < -0.3 is 20.1 Å². The molecule has 0 bridgehead atoms. The number of imide groups is 1. The second-order valence-corrected chi connectivity index (χ2v) is 8.73. The van der Waals surface area contributed by atoms with Crippen molar-refractivity contribution >= 4 is 45.5 Å². The molecule has 1 saturated heterocycles. The number of urea groups is 1. The van der Waals surface area contributed by atoms with E-state index in [4.69, 9.17) is 9.47 Å². The summed E-state index contributed by atoms with van der Waals surface area (Å²) in [6.45, 7) is -0.246. The number of methoxy groups -OCH3 is 1. The fraction of sp³-hybridized carbons (Fsp3) is 0.111. The van der Waals surface area contributed by atoms with Crippen molar-refractivity contribution in [2.75, 3.05) is 19.0 Å². The highest BCUT2D eigenvalue weighted by Gasteiger charge is 2.35. The minimum Gasteiger partial charge on any atom is -0.495 e. The smallest absolute Gasteiger partial charge is 0.329 e. The summed E-state index contributed by atoms with van der Waals surface area (Å²) in [6.07, 6.45) is 1.51. The summed E-state index contributed by atoms with van der Waals surface area (Å²) < 4.78 is 11.7. The average Bonchev–Trinajstić information content (AvgIpc) is 3.15. The van der Waals surface area contributed by atoms with E-state index >= 15 is 0 Å². The second kappa shape index (κ2) is 11.4. The maximum absolute atomic E-state index is 12.8. The van der Waals surface area contributed by atoms with Gasteiger partial charge in [0.1, 0.15) is 30.3 Å². The van der Waals surface area contributed by atoms with Crippen LogP contribution in [0, 0.1) is 11.3 Å². The maximum atomic E-state index is 12.8. The van der Waals surface area contributed by atoms with Gasteiger partial charge in [0, 0.05) is 5.56 Å². The number of carbonyl (C=O) groups is 3. The number of benzene rings is 3. The van der Waals surface area contributed by atoms with Gasteiger partial charge in [0.25, 0.3) is 5.91 Å². The van der Waals surface area contributed by atoms with Gasteiger partial charge >= 0.3 is 6.03 Å². The fourth-order valence-electron chi connectivity index (χ4n) is 3.60. The molecule has 0 atom stereocenters. The Morgan fingerprint density at radius 1 is 1.11 bits per heavy atom. The van der Waals surface area contributed by atoms with Crippen LogP contribution >= 0.6 is 15.9 Å². The molecule has 1 fully saturated rings. The molecule has 2 N–H and O–H groups in total. The molecule has 0 aromatic heterocycles. The van der Waals surface area contributed by atoms with Crippen molar-refractivity contribution in [3.63, 3.8) is 0 Å². The number of nitrogens with one attached hydrogen (secondary N) is 2. The van der Waals surface area contributed by atoms with Crippen LogP contribution in [-0.2, 0) is 16.2 Å². The number of nitrogens with zero attached hydrogens (tertiary/aromatic N) is 2. The van der Waals surface area contributed by atoms with E-state index in [9.17, 15) is 19.6 Å². The maximum Gasteiger partial charge on any atom is 0.329 e. The van der Waals surface area contributed by atoms with Crippen molar-refractivity contribution in [3.05, 3.63) is 93.6 Å². The lowest BCUT2D eigenvalue weighted by Gasteiger charge is -2.13. The summed E-state index contributed by atoms with van der Waals surface area (Å²) in [4.78, 5) is 38.5. The first-order chi connectivity index (χ1) is 17.9. The molecular weight excluding hydrogens is 540 g/mol. The molecule has 4 amide bonds. The van der Waals surface area contributed by atoms with Crippen LogP contribution in [0.1, 0.15) is 16.7 Å². The number of amides is 4. The highest BCUT2D eigenvalue weighted by Crippen LogP contribution is 2.28. The van der Waals surface area contributed by atoms with Crippen molar-refractivity contribution in [2.45, 2.75) is 6.61 Å². The van der Waals surface area contributed by atoms with E-state index < -0.39 is 24.4 Å². The molecule has 186 valence electrons. The molecule has 3 aromatic rings. The number of hydrogen-bond donors (Lipinski definition) is 2. The molecule has 37 heavy (non-hydrogen) atoms. The zero-order valence-electron chi connectivity index (χ0n) is 19.7. The molecule has 4 rings (SSSR count). The molecule has 9 nitrogen and oxygen atoms in total. The van der Waals surface area contributed by atoms with E-state index in [2.05, 4.69) is 32.6 Å². The SMILES string of the molecule is COc1ccccc1NC(=O)CN1C(=O)N/C(=C/c2ccc(OCc3ccccc3C#N)c(Br)c2)C1=O. The molecule has 0 spiro atoms. The van der Waals surface area contributed by atoms with Crippen LogP contribution < -0.4 is 20.1 Å². The third-order valence-electron chi connectivity index (χ3n) is 5.43. The number of rotatable bonds is 8. The third kappa shape index (κ3) is 5.97. The molecule has 1 aliphatic rings. The summed E-state index contributed by atoms with van der Waals surface area (Å²) in [5, 5.41) is 14.4. The molecule has 0 aliphatic carbocycles. The molecule has 0 radical (unpaired) electrons. The Morgan fingerprint density at radius 2 is 1.86 bits per heavy atom. The van der Waals surface area contributed by atoms with Crippen LogP contribution in [0.3, 0.4) is 0 Å². The Morgan fingerprint density at radius 3 is 2.62 bits per heavy atom. The van der Waals surface area contributed by atoms with E-state index in [0.29, 0.717) is 32.8 Å². The second-order valence-electron chi connectivity index (χ2n) is 7.88. The standard InChI is InChI=1S/C27H21BrN4O5/c1-36-24-9-5-4-8-21(24)30-25(33)15-32-26(34)22(31-27(32)35)13-17-10-11-23(20(28)12-17)37-16-19-7-3-2-6-18(19)14-29/h2-13H,15-16H2,1H3,(H,30,33)(H,31,35)/b22-13+. The Kier molecular flexibility index (Phi) is 7.86.